The van der Waals surface area contributed by atoms with Gasteiger partial charge in [-0.1, -0.05) is 17.6 Å². The van der Waals surface area contributed by atoms with Crippen molar-refractivity contribution in [2.45, 2.75) is 69.3 Å². The maximum absolute atomic E-state index is 10.1. The molecule has 1 heterocycles. The zero-order valence-electron chi connectivity index (χ0n) is 15.9. The molecular weight excluding hydrogens is 335 g/mol. The third-order valence-corrected chi connectivity index (χ3v) is 5.77. The molecule has 0 bridgehead atoms. The fourth-order valence-corrected chi connectivity index (χ4v) is 3.05. The van der Waals surface area contributed by atoms with E-state index in [1.54, 1.807) is 25.6 Å². The highest BCUT2D eigenvalue weighted by Gasteiger charge is 2.35. The van der Waals surface area contributed by atoms with Crippen LogP contribution in [0.15, 0.2) is 29.2 Å². The van der Waals surface area contributed by atoms with Crippen molar-refractivity contribution in [3.05, 3.63) is 24.3 Å². The van der Waals surface area contributed by atoms with Crippen LogP contribution in [0.1, 0.15) is 47.0 Å². The van der Waals surface area contributed by atoms with Crippen molar-refractivity contribution in [3.63, 3.8) is 0 Å². The molecule has 2 rings (SSSR count). The number of aliphatic hydroxyl groups is 1. The van der Waals surface area contributed by atoms with Crippen molar-refractivity contribution in [2.24, 2.45) is 0 Å². The summed E-state index contributed by atoms with van der Waals surface area (Å²) < 4.78 is 17.2. The average Bonchev–Trinajstić information content (AvgIpc) is 2.58. The minimum absolute atomic E-state index is 0.00648. The normalized spacial score (nSPS) is 19.0. The van der Waals surface area contributed by atoms with Gasteiger partial charge in [-0.25, -0.2) is 0 Å². The monoisotopic (exact) mass is 366 g/mol. The molecule has 1 aromatic rings. The second-order valence-electron chi connectivity index (χ2n) is 7.52. The van der Waals surface area contributed by atoms with Gasteiger partial charge < -0.3 is 19.2 Å². The second-order valence-corrected chi connectivity index (χ2v) is 8.69. The van der Waals surface area contributed by atoms with E-state index in [1.165, 1.54) is 11.3 Å². The molecule has 4 nitrogen and oxygen atoms in total. The zero-order valence-corrected chi connectivity index (χ0v) is 16.7. The highest BCUT2D eigenvalue weighted by atomic mass is 32.2. The zero-order chi connectivity index (χ0) is 18.3. The molecule has 25 heavy (non-hydrogen) atoms. The SMILES string of the molecule is CC(C)(O)C(C)(C)OBc1ccc(SCCOC2CCCCO2)cc1. The Kier molecular flexibility index (Phi) is 7.83. The molecule has 1 N–H and O–H groups in total. The molecule has 1 unspecified atom stereocenters. The van der Waals surface area contributed by atoms with Crippen molar-refractivity contribution in [1.82, 2.24) is 0 Å². The molecule has 1 aromatic carbocycles. The van der Waals surface area contributed by atoms with E-state index in [0.717, 1.165) is 30.7 Å². The molecule has 140 valence electrons. The van der Waals surface area contributed by atoms with Gasteiger partial charge in [0.2, 0.25) is 0 Å². The van der Waals surface area contributed by atoms with E-state index < -0.39 is 11.2 Å². The average molecular weight is 366 g/mol. The van der Waals surface area contributed by atoms with Gasteiger partial charge in [-0.05, 0) is 59.1 Å². The van der Waals surface area contributed by atoms with Crippen molar-refractivity contribution in [1.29, 1.82) is 0 Å². The van der Waals surface area contributed by atoms with Crippen molar-refractivity contribution in [3.8, 4) is 0 Å². The fraction of sp³-hybridized carbons (Fsp3) is 0.684. The summed E-state index contributed by atoms with van der Waals surface area (Å²) in [4.78, 5) is 1.22. The van der Waals surface area contributed by atoms with Crippen LogP contribution in [0, 0.1) is 0 Å². The summed E-state index contributed by atoms with van der Waals surface area (Å²) in [6.45, 7) is 8.90. The van der Waals surface area contributed by atoms with Gasteiger partial charge in [0.05, 0.1) is 17.8 Å². The number of hydrogen-bond acceptors (Lipinski definition) is 5. The molecule has 1 atom stereocenters. The topological polar surface area (TPSA) is 47.9 Å². The molecule has 0 saturated carbocycles. The summed E-state index contributed by atoms with van der Waals surface area (Å²) in [5.74, 6) is 0.918. The molecule has 0 amide bonds. The third-order valence-electron chi connectivity index (χ3n) is 4.79. The maximum atomic E-state index is 10.1. The molecule has 0 aromatic heterocycles. The highest BCUT2D eigenvalue weighted by Crippen LogP contribution is 2.24. The Morgan fingerprint density at radius 3 is 2.52 bits per heavy atom. The first-order chi connectivity index (χ1) is 11.8. The first-order valence-corrected chi connectivity index (χ1v) is 10.1. The number of thioether (sulfide) groups is 1. The van der Waals surface area contributed by atoms with Crippen LogP contribution < -0.4 is 5.46 Å². The van der Waals surface area contributed by atoms with E-state index in [0.29, 0.717) is 14.1 Å². The number of hydrogen-bond donors (Lipinski definition) is 1. The Bertz CT molecular complexity index is 507. The summed E-state index contributed by atoms with van der Waals surface area (Å²) in [7, 11) is 0.490. The maximum Gasteiger partial charge on any atom is 0.309 e. The van der Waals surface area contributed by atoms with Gasteiger partial charge in [-0.2, -0.15) is 0 Å². The molecule has 1 aliphatic heterocycles. The summed E-state index contributed by atoms with van der Waals surface area (Å²) in [6.07, 6.45) is 3.36. The Morgan fingerprint density at radius 1 is 1.20 bits per heavy atom. The Balaban J connectivity index is 1.69. The summed E-state index contributed by atoms with van der Waals surface area (Å²) in [5, 5.41) is 10.1. The van der Waals surface area contributed by atoms with E-state index in [2.05, 4.69) is 24.3 Å². The van der Waals surface area contributed by atoms with Crippen LogP contribution in [-0.2, 0) is 14.1 Å². The fourth-order valence-electron chi connectivity index (χ4n) is 2.30. The summed E-state index contributed by atoms with van der Waals surface area (Å²) >= 11 is 1.78. The predicted octanol–water partition coefficient (Wildman–Crippen LogP) is 2.86. The van der Waals surface area contributed by atoms with Gasteiger partial charge in [0.25, 0.3) is 0 Å². The van der Waals surface area contributed by atoms with Crippen LogP contribution in [0.25, 0.3) is 0 Å². The van der Waals surface area contributed by atoms with Gasteiger partial charge in [0.1, 0.15) is 0 Å². The Hall–Kier alpha value is -0.525. The van der Waals surface area contributed by atoms with Gasteiger partial charge in [-0.15, -0.1) is 11.8 Å². The lowest BCUT2D eigenvalue weighted by Crippen LogP contribution is -2.49. The lowest BCUT2D eigenvalue weighted by Gasteiger charge is -2.37. The molecule has 1 aliphatic rings. The van der Waals surface area contributed by atoms with Crippen molar-refractivity contribution >= 4 is 24.7 Å². The minimum Gasteiger partial charge on any atom is -0.427 e. The largest absolute Gasteiger partial charge is 0.427 e. The number of ether oxygens (including phenoxy) is 2. The lowest BCUT2D eigenvalue weighted by atomic mass is 9.83. The van der Waals surface area contributed by atoms with Crippen LogP contribution in [0.5, 0.6) is 0 Å². The van der Waals surface area contributed by atoms with Crippen LogP contribution in [0.3, 0.4) is 0 Å². The summed E-state index contributed by atoms with van der Waals surface area (Å²) in [5.41, 5.74) is -0.377. The smallest absolute Gasteiger partial charge is 0.309 e. The Labute approximate surface area is 156 Å². The molecule has 1 saturated heterocycles. The predicted molar refractivity (Wildman–Crippen MR) is 105 cm³/mol. The number of rotatable bonds is 9. The highest BCUT2D eigenvalue weighted by molar-refractivity contribution is 7.99. The molecule has 1 fully saturated rings. The van der Waals surface area contributed by atoms with Crippen LogP contribution in [0.2, 0.25) is 0 Å². The van der Waals surface area contributed by atoms with E-state index in [4.69, 9.17) is 14.1 Å². The third kappa shape index (κ3) is 6.95. The first kappa shape index (κ1) is 20.8. The number of benzene rings is 1. The molecule has 6 heteroatoms. The second kappa shape index (κ2) is 9.42. The van der Waals surface area contributed by atoms with Crippen LogP contribution in [-0.4, -0.2) is 49.0 Å². The molecule has 0 radical (unpaired) electrons. The summed E-state index contributed by atoms with van der Waals surface area (Å²) in [6, 6.07) is 8.37. The van der Waals surface area contributed by atoms with E-state index >= 15 is 0 Å². The van der Waals surface area contributed by atoms with E-state index in [-0.39, 0.29) is 6.29 Å². The standard InChI is InChI=1S/C19H31BO4S/c1-18(2,21)19(3,4)24-20-15-8-10-16(11-9-15)25-14-13-23-17-7-5-6-12-22-17/h8-11,17,20-21H,5-7,12-14H2,1-4H3. The van der Waals surface area contributed by atoms with Gasteiger partial charge in [0, 0.05) is 17.3 Å². The van der Waals surface area contributed by atoms with Crippen molar-refractivity contribution < 1.29 is 19.2 Å². The van der Waals surface area contributed by atoms with Crippen LogP contribution in [0.4, 0.5) is 0 Å². The van der Waals surface area contributed by atoms with Gasteiger partial charge in [0.15, 0.2) is 6.29 Å². The quantitative estimate of drug-likeness (QED) is 0.414. The van der Waals surface area contributed by atoms with E-state index in [9.17, 15) is 5.11 Å². The lowest BCUT2D eigenvalue weighted by molar-refractivity contribution is -0.158. The molecular formula is C19H31BO4S. The molecule has 0 spiro atoms. The first-order valence-electron chi connectivity index (χ1n) is 9.09. The molecule has 0 aliphatic carbocycles. The van der Waals surface area contributed by atoms with Gasteiger partial charge >= 0.3 is 7.48 Å². The van der Waals surface area contributed by atoms with E-state index in [1.807, 2.05) is 13.8 Å². The van der Waals surface area contributed by atoms with Crippen LogP contribution >= 0.6 is 11.8 Å². The van der Waals surface area contributed by atoms with Crippen molar-refractivity contribution in [2.75, 3.05) is 19.0 Å². The van der Waals surface area contributed by atoms with Gasteiger partial charge in [-0.3, -0.25) is 0 Å². The Morgan fingerprint density at radius 2 is 1.92 bits per heavy atom. The minimum atomic E-state index is -0.884.